The molecule has 0 radical (unpaired) electrons. The van der Waals surface area contributed by atoms with Crippen molar-refractivity contribution in [2.45, 2.75) is 31.3 Å². The van der Waals surface area contributed by atoms with Crippen LogP contribution in [0.3, 0.4) is 0 Å². The number of aliphatic hydroxyl groups is 1. The lowest BCUT2D eigenvalue weighted by molar-refractivity contribution is 0.133. The Morgan fingerprint density at radius 3 is 2.48 bits per heavy atom. The van der Waals surface area contributed by atoms with Crippen molar-refractivity contribution >= 4 is 15.9 Å². The molecule has 2 aromatic carbocycles. The molecule has 3 heteroatoms. The summed E-state index contributed by atoms with van der Waals surface area (Å²) >= 11 is 3.52. The highest BCUT2D eigenvalue weighted by Gasteiger charge is 2.50. The van der Waals surface area contributed by atoms with Crippen molar-refractivity contribution in [3.63, 3.8) is 0 Å². The van der Waals surface area contributed by atoms with E-state index in [9.17, 15) is 5.11 Å². The molecular formula is C18H19BrO2. The topological polar surface area (TPSA) is 29.5 Å². The molecule has 0 aliphatic heterocycles. The molecule has 110 valence electrons. The molecule has 2 aromatic rings. The monoisotopic (exact) mass is 346 g/mol. The predicted octanol–water partition coefficient (Wildman–Crippen LogP) is 4.61. The summed E-state index contributed by atoms with van der Waals surface area (Å²) in [5, 5.41) is 10.8. The third kappa shape index (κ3) is 2.72. The number of rotatable bonds is 5. The van der Waals surface area contributed by atoms with E-state index in [1.807, 2.05) is 43.3 Å². The van der Waals surface area contributed by atoms with Gasteiger partial charge >= 0.3 is 0 Å². The van der Waals surface area contributed by atoms with Crippen LogP contribution in [0, 0.1) is 0 Å². The quantitative estimate of drug-likeness (QED) is 0.856. The molecule has 0 saturated heterocycles. The lowest BCUT2D eigenvalue weighted by Gasteiger charge is -2.23. The van der Waals surface area contributed by atoms with Gasteiger partial charge < -0.3 is 9.84 Å². The third-order valence-electron chi connectivity index (χ3n) is 4.23. The van der Waals surface area contributed by atoms with Gasteiger partial charge in [-0.2, -0.15) is 0 Å². The maximum Gasteiger partial charge on any atom is 0.133 e. The van der Waals surface area contributed by atoms with Crippen LogP contribution in [0.25, 0.3) is 0 Å². The van der Waals surface area contributed by atoms with Gasteiger partial charge in [0, 0.05) is 5.41 Å². The molecule has 3 rings (SSSR count). The Bertz CT molecular complexity index is 620. The Kier molecular flexibility index (Phi) is 4.05. The molecule has 1 unspecified atom stereocenters. The van der Waals surface area contributed by atoms with Crippen molar-refractivity contribution in [3.8, 4) is 5.75 Å². The van der Waals surface area contributed by atoms with E-state index in [0.29, 0.717) is 6.61 Å². The molecule has 21 heavy (non-hydrogen) atoms. The molecule has 1 fully saturated rings. The molecule has 1 aliphatic carbocycles. The average Bonchev–Trinajstić information content (AvgIpc) is 3.31. The Labute approximate surface area is 133 Å². The fourth-order valence-electron chi connectivity index (χ4n) is 2.90. The van der Waals surface area contributed by atoms with E-state index in [0.717, 1.165) is 28.6 Å². The number of aliphatic hydroxyl groups excluding tert-OH is 1. The zero-order valence-corrected chi connectivity index (χ0v) is 13.6. The summed E-state index contributed by atoms with van der Waals surface area (Å²) in [5.41, 5.74) is 2.04. The Hall–Kier alpha value is -1.32. The van der Waals surface area contributed by atoms with Crippen LogP contribution in [0.1, 0.15) is 37.0 Å². The fourth-order valence-corrected chi connectivity index (χ4v) is 3.41. The van der Waals surface area contributed by atoms with Crippen LogP contribution < -0.4 is 4.74 Å². The van der Waals surface area contributed by atoms with E-state index < -0.39 is 6.10 Å². The Morgan fingerprint density at radius 1 is 1.19 bits per heavy atom. The lowest BCUT2D eigenvalue weighted by Crippen LogP contribution is -2.18. The van der Waals surface area contributed by atoms with Crippen LogP contribution in [-0.4, -0.2) is 11.7 Å². The zero-order valence-electron chi connectivity index (χ0n) is 12.1. The van der Waals surface area contributed by atoms with Crippen LogP contribution in [0.15, 0.2) is 53.0 Å². The summed E-state index contributed by atoms with van der Waals surface area (Å²) in [5.74, 6) is 0.818. The Morgan fingerprint density at radius 2 is 1.90 bits per heavy atom. The van der Waals surface area contributed by atoms with Crippen LogP contribution in [0.2, 0.25) is 0 Å². The minimum absolute atomic E-state index is 0.117. The van der Waals surface area contributed by atoms with Gasteiger partial charge in [0.2, 0.25) is 0 Å². The fraction of sp³-hybridized carbons (Fsp3) is 0.333. The summed E-state index contributed by atoms with van der Waals surface area (Å²) in [6.45, 7) is 2.60. The van der Waals surface area contributed by atoms with Crippen molar-refractivity contribution in [2.75, 3.05) is 6.61 Å². The number of hydrogen-bond acceptors (Lipinski definition) is 2. The first-order valence-corrected chi connectivity index (χ1v) is 8.12. The van der Waals surface area contributed by atoms with Crippen LogP contribution in [-0.2, 0) is 5.41 Å². The van der Waals surface area contributed by atoms with Gasteiger partial charge in [-0.05, 0) is 59.0 Å². The van der Waals surface area contributed by atoms with Crippen LogP contribution >= 0.6 is 15.9 Å². The molecule has 0 aromatic heterocycles. The standard InChI is InChI=1S/C18H19BrO2/c1-2-21-16-9-8-13(12-15(16)19)17(20)18(10-11-18)14-6-4-3-5-7-14/h3-9,12,17,20H,2,10-11H2,1H3. The average molecular weight is 347 g/mol. The van der Waals surface area contributed by atoms with Gasteiger partial charge in [-0.15, -0.1) is 0 Å². The van der Waals surface area contributed by atoms with Crippen molar-refractivity contribution < 1.29 is 9.84 Å². The zero-order chi connectivity index (χ0) is 14.9. The van der Waals surface area contributed by atoms with Gasteiger partial charge in [-0.1, -0.05) is 36.4 Å². The predicted molar refractivity (Wildman–Crippen MR) is 87.6 cm³/mol. The molecule has 0 bridgehead atoms. The summed E-state index contributed by atoms with van der Waals surface area (Å²) in [4.78, 5) is 0. The van der Waals surface area contributed by atoms with Crippen molar-refractivity contribution in [1.82, 2.24) is 0 Å². The first-order chi connectivity index (χ1) is 10.2. The van der Waals surface area contributed by atoms with Gasteiger partial charge in [0.05, 0.1) is 17.2 Å². The second-order valence-electron chi connectivity index (χ2n) is 5.55. The second kappa shape index (κ2) is 5.82. The number of halogens is 1. The third-order valence-corrected chi connectivity index (χ3v) is 4.85. The van der Waals surface area contributed by atoms with E-state index in [1.54, 1.807) is 0 Å². The summed E-state index contributed by atoms with van der Waals surface area (Å²) in [6, 6.07) is 16.2. The van der Waals surface area contributed by atoms with E-state index in [1.165, 1.54) is 5.56 Å². The molecule has 1 N–H and O–H groups in total. The van der Waals surface area contributed by atoms with E-state index >= 15 is 0 Å². The minimum atomic E-state index is -0.480. The summed E-state index contributed by atoms with van der Waals surface area (Å²) in [6.07, 6.45) is 1.58. The first kappa shape index (κ1) is 14.6. The van der Waals surface area contributed by atoms with E-state index in [-0.39, 0.29) is 5.41 Å². The van der Waals surface area contributed by atoms with E-state index in [2.05, 4.69) is 28.1 Å². The van der Waals surface area contributed by atoms with Crippen LogP contribution in [0.4, 0.5) is 0 Å². The summed E-state index contributed by atoms with van der Waals surface area (Å²) < 4.78 is 6.42. The van der Waals surface area contributed by atoms with Gasteiger partial charge in [0.15, 0.2) is 0 Å². The molecule has 1 atom stereocenters. The van der Waals surface area contributed by atoms with Gasteiger partial charge in [-0.3, -0.25) is 0 Å². The molecule has 2 nitrogen and oxygen atoms in total. The Balaban J connectivity index is 1.89. The van der Waals surface area contributed by atoms with Gasteiger partial charge in [0.25, 0.3) is 0 Å². The largest absolute Gasteiger partial charge is 0.493 e. The van der Waals surface area contributed by atoms with Crippen molar-refractivity contribution in [1.29, 1.82) is 0 Å². The SMILES string of the molecule is CCOc1ccc(C(O)C2(c3ccccc3)CC2)cc1Br. The molecule has 1 saturated carbocycles. The first-order valence-electron chi connectivity index (χ1n) is 7.33. The number of ether oxygens (including phenoxy) is 1. The highest BCUT2D eigenvalue weighted by molar-refractivity contribution is 9.10. The van der Waals surface area contributed by atoms with Crippen molar-refractivity contribution in [2.24, 2.45) is 0 Å². The smallest absolute Gasteiger partial charge is 0.133 e. The normalized spacial score (nSPS) is 17.3. The highest BCUT2D eigenvalue weighted by atomic mass is 79.9. The van der Waals surface area contributed by atoms with Crippen molar-refractivity contribution in [3.05, 3.63) is 64.1 Å². The van der Waals surface area contributed by atoms with Crippen LogP contribution in [0.5, 0.6) is 5.75 Å². The number of hydrogen-bond donors (Lipinski definition) is 1. The number of benzene rings is 2. The van der Waals surface area contributed by atoms with Gasteiger partial charge in [-0.25, -0.2) is 0 Å². The maximum absolute atomic E-state index is 10.8. The molecule has 1 aliphatic rings. The lowest BCUT2D eigenvalue weighted by atomic mass is 9.86. The summed E-state index contributed by atoms with van der Waals surface area (Å²) in [7, 11) is 0. The maximum atomic E-state index is 10.8. The van der Waals surface area contributed by atoms with Gasteiger partial charge in [0.1, 0.15) is 5.75 Å². The molecule has 0 amide bonds. The molecule has 0 heterocycles. The highest BCUT2D eigenvalue weighted by Crippen LogP contribution is 2.56. The second-order valence-corrected chi connectivity index (χ2v) is 6.40. The molecule has 0 spiro atoms. The minimum Gasteiger partial charge on any atom is -0.493 e. The van der Waals surface area contributed by atoms with E-state index in [4.69, 9.17) is 4.74 Å². The molecular weight excluding hydrogens is 328 g/mol.